The second kappa shape index (κ2) is 7.02. The van der Waals surface area contributed by atoms with E-state index in [1.165, 1.54) is 17.0 Å². The van der Waals surface area contributed by atoms with Crippen molar-refractivity contribution in [1.29, 1.82) is 0 Å². The number of aromatic nitrogens is 1. The van der Waals surface area contributed by atoms with Crippen molar-refractivity contribution in [3.63, 3.8) is 0 Å². The van der Waals surface area contributed by atoms with Gasteiger partial charge < -0.3 is 15.1 Å². The summed E-state index contributed by atoms with van der Waals surface area (Å²) in [4.78, 5) is 36.4. The lowest BCUT2D eigenvalue weighted by molar-refractivity contribution is -0.385. The van der Waals surface area contributed by atoms with Crippen LogP contribution in [0.5, 0.6) is 0 Å². The van der Waals surface area contributed by atoms with E-state index in [0.717, 1.165) is 6.20 Å². The molecule has 0 unspecified atom stereocenters. The molecule has 20 heavy (non-hydrogen) atoms. The van der Waals surface area contributed by atoms with E-state index >= 15 is 0 Å². The first-order valence-electron chi connectivity index (χ1n) is 5.69. The summed E-state index contributed by atoms with van der Waals surface area (Å²) in [5.74, 6) is -1.74. The summed E-state index contributed by atoms with van der Waals surface area (Å²) in [6.07, 6.45) is 0.681. The van der Waals surface area contributed by atoms with Crippen LogP contribution in [0.3, 0.4) is 0 Å². The highest BCUT2D eigenvalue weighted by molar-refractivity contribution is 5.69. The number of carboxylic acid groups (broad SMARTS) is 2. The van der Waals surface area contributed by atoms with Gasteiger partial charge in [-0.1, -0.05) is 0 Å². The van der Waals surface area contributed by atoms with Crippen molar-refractivity contribution >= 4 is 23.4 Å². The number of carbonyl (C=O) groups is 2. The zero-order chi connectivity index (χ0) is 15.1. The number of carboxylic acids is 2. The molecule has 0 aliphatic rings. The van der Waals surface area contributed by atoms with Gasteiger partial charge in [0.25, 0.3) is 5.69 Å². The lowest BCUT2D eigenvalue weighted by atomic mass is 10.3. The molecule has 0 amide bonds. The maximum absolute atomic E-state index is 10.6. The van der Waals surface area contributed by atoms with Crippen LogP contribution in [0, 0.1) is 10.1 Å². The summed E-state index contributed by atoms with van der Waals surface area (Å²) in [5, 5.41) is 27.8. The summed E-state index contributed by atoms with van der Waals surface area (Å²) in [7, 11) is 0. The molecule has 0 atom stereocenters. The Morgan fingerprint density at radius 1 is 1.20 bits per heavy atom. The zero-order valence-corrected chi connectivity index (χ0v) is 10.4. The number of rotatable bonds is 8. The van der Waals surface area contributed by atoms with Gasteiger partial charge in [-0.3, -0.25) is 19.7 Å². The molecule has 9 heteroatoms. The van der Waals surface area contributed by atoms with Crippen molar-refractivity contribution in [3.8, 4) is 0 Å². The van der Waals surface area contributed by atoms with Gasteiger partial charge in [-0.2, -0.15) is 0 Å². The number of aliphatic carboxylic acids is 2. The Balaban J connectivity index is 2.81. The van der Waals surface area contributed by atoms with Crippen molar-refractivity contribution in [2.24, 2.45) is 0 Å². The van der Waals surface area contributed by atoms with Crippen LogP contribution in [0.15, 0.2) is 18.3 Å². The molecule has 1 aromatic rings. The molecule has 108 valence electrons. The molecule has 0 aliphatic carbocycles. The van der Waals surface area contributed by atoms with Gasteiger partial charge in [0, 0.05) is 19.2 Å². The van der Waals surface area contributed by atoms with Crippen molar-refractivity contribution in [1.82, 2.24) is 4.98 Å². The first-order chi connectivity index (χ1) is 9.40. The van der Waals surface area contributed by atoms with E-state index in [1.807, 2.05) is 0 Å². The molecule has 0 radical (unpaired) electrons. The van der Waals surface area contributed by atoms with Gasteiger partial charge in [0.05, 0.1) is 17.8 Å². The summed E-state index contributed by atoms with van der Waals surface area (Å²) in [6.45, 7) is 0.154. The van der Waals surface area contributed by atoms with Crippen LogP contribution in [0.4, 0.5) is 11.5 Å². The second-order valence-corrected chi connectivity index (χ2v) is 3.91. The van der Waals surface area contributed by atoms with E-state index in [9.17, 15) is 19.7 Å². The molecule has 2 N–H and O–H groups in total. The number of nitrogens with zero attached hydrogens (tertiary/aromatic N) is 3. The van der Waals surface area contributed by atoms with Gasteiger partial charge in [0.15, 0.2) is 0 Å². The van der Waals surface area contributed by atoms with Gasteiger partial charge in [-0.25, -0.2) is 4.98 Å². The largest absolute Gasteiger partial charge is 0.481 e. The van der Waals surface area contributed by atoms with Gasteiger partial charge in [0.2, 0.25) is 0 Å². The number of nitro groups is 1. The maximum Gasteiger partial charge on any atom is 0.305 e. The van der Waals surface area contributed by atoms with Gasteiger partial charge >= 0.3 is 11.9 Å². The van der Waals surface area contributed by atoms with E-state index in [-0.39, 0.29) is 31.6 Å². The molecular formula is C11H13N3O6. The Morgan fingerprint density at radius 3 is 2.10 bits per heavy atom. The molecule has 0 aliphatic heterocycles. The van der Waals surface area contributed by atoms with Crippen LogP contribution in [0.25, 0.3) is 0 Å². The Kier molecular flexibility index (Phi) is 5.39. The van der Waals surface area contributed by atoms with Gasteiger partial charge in [0.1, 0.15) is 12.0 Å². The molecule has 0 fully saturated rings. The highest BCUT2D eigenvalue weighted by Crippen LogP contribution is 2.16. The summed E-state index contributed by atoms with van der Waals surface area (Å²) >= 11 is 0. The highest BCUT2D eigenvalue weighted by atomic mass is 16.6. The second-order valence-electron chi connectivity index (χ2n) is 3.91. The van der Waals surface area contributed by atoms with Crippen molar-refractivity contribution in [2.45, 2.75) is 12.8 Å². The molecule has 0 bridgehead atoms. The minimum absolute atomic E-state index is 0.0768. The van der Waals surface area contributed by atoms with E-state index in [1.54, 1.807) is 0 Å². The topological polar surface area (TPSA) is 134 Å². The number of hydrogen-bond donors (Lipinski definition) is 2. The van der Waals surface area contributed by atoms with E-state index in [0.29, 0.717) is 5.82 Å². The lowest BCUT2D eigenvalue weighted by Crippen LogP contribution is -2.29. The quantitative estimate of drug-likeness (QED) is 0.527. The molecule has 0 spiro atoms. The minimum atomic E-state index is -1.02. The maximum atomic E-state index is 10.6. The minimum Gasteiger partial charge on any atom is -0.481 e. The average Bonchev–Trinajstić information content (AvgIpc) is 2.38. The molecule has 9 nitrogen and oxygen atoms in total. The predicted molar refractivity (Wildman–Crippen MR) is 67.6 cm³/mol. The van der Waals surface area contributed by atoms with E-state index in [4.69, 9.17) is 10.2 Å². The third-order valence-electron chi connectivity index (χ3n) is 2.46. The molecule has 1 aromatic heterocycles. The molecule has 0 saturated carbocycles. The Bertz CT molecular complexity index is 483. The van der Waals surface area contributed by atoms with Gasteiger partial charge in [-0.05, 0) is 6.07 Å². The van der Waals surface area contributed by atoms with Crippen LogP contribution < -0.4 is 4.90 Å². The van der Waals surface area contributed by atoms with Crippen LogP contribution in [-0.2, 0) is 9.59 Å². The SMILES string of the molecule is O=C(O)CCN(CCC(=O)O)c1ccc([N+](=O)[O-])cn1. The highest BCUT2D eigenvalue weighted by Gasteiger charge is 2.13. The molecule has 1 heterocycles. The third-order valence-corrected chi connectivity index (χ3v) is 2.46. The van der Waals surface area contributed by atoms with E-state index < -0.39 is 16.9 Å². The fraction of sp³-hybridized carbons (Fsp3) is 0.364. The Morgan fingerprint density at radius 2 is 1.75 bits per heavy atom. The number of pyridine rings is 1. The average molecular weight is 283 g/mol. The molecular weight excluding hydrogens is 270 g/mol. The fourth-order valence-electron chi connectivity index (χ4n) is 1.48. The predicted octanol–water partition coefficient (Wildman–Crippen LogP) is 0.746. The smallest absolute Gasteiger partial charge is 0.305 e. The number of anilines is 1. The molecule has 0 saturated heterocycles. The number of hydrogen-bond acceptors (Lipinski definition) is 6. The lowest BCUT2D eigenvalue weighted by Gasteiger charge is -2.21. The first-order valence-corrected chi connectivity index (χ1v) is 5.69. The first kappa shape index (κ1) is 15.3. The van der Waals surface area contributed by atoms with Crippen molar-refractivity contribution in [2.75, 3.05) is 18.0 Å². The standard InChI is InChI=1S/C11H13N3O6/c15-10(16)3-5-13(6-4-11(17)18)9-2-1-8(7-12-9)14(19)20/h1-2,7H,3-6H2,(H,15,16)(H,17,18). The van der Waals surface area contributed by atoms with Crippen LogP contribution in [0.2, 0.25) is 0 Å². The van der Waals surface area contributed by atoms with Crippen molar-refractivity contribution < 1.29 is 24.7 Å². The fourth-order valence-corrected chi connectivity index (χ4v) is 1.48. The van der Waals surface area contributed by atoms with E-state index in [2.05, 4.69) is 4.98 Å². The van der Waals surface area contributed by atoms with Crippen LogP contribution in [-0.4, -0.2) is 45.1 Å². The Hall–Kier alpha value is -2.71. The Labute approximate surface area is 113 Å². The van der Waals surface area contributed by atoms with Gasteiger partial charge in [-0.15, -0.1) is 0 Å². The summed E-state index contributed by atoms with van der Waals surface area (Å²) in [6, 6.07) is 2.60. The van der Waals surface area contributed by atoms with Crippen LogP contribution >= 0.6 is 0 Å². The van der Waals surface area contributed by atoms with Crippen molar-refractivity contribution in [3.05, 3.63) is 28.4 Å². The zero-order valence-electron chi connectivity index (χ0n) is 10.4. The summed E-state index contributed by atoms with van der Waals surface area (Å²) < 4.78 is 0. The van der Waals surface area contributed by atoms with Crippen LogP contribution in [0.1, 0.15) is 12.8 Å². The third kappa shape index (κ3) is 4.88. The molecule has 1 rings (SSSR count). The molecule has 0 aromatic carbocycles. The summed E-state index contributed by atoms with van der Waals surface area (Å²) in [5.41, 5.74) is -0.190. The normalized spacial score (nSPS) is 10.0. The monoisotopic (exact) mass is 283 g/mol.